The lowest BCUT2D eigenvalue weighted by Crippen LogP contribution is -2.46. The van der Waals surface area contributed by atoms with Crippen molar-refractivity contribution < 1.29 is 27.9 Å². The fraction of sp³-hybridized carbons (Fsp3) is 0.778. The van der Waals surface area contributed by atoms with Gasteiger partial charge in [-0.1, -0.05) is 0 Å². The van der Waals surface area contributed by atoms with Gasteiger partial charge in [0.05, 0.1) is 7.11 Å². The molecule has 98 valence electrons. The molecule has 0 aromatic rings. The van der Waals surface area contributed by atoms with Crippen LogP contribution in [0.25, 0.3) is 0 Å². The van der Waals surface area contributed by atoms with Crippen molar-refractivity contribution >= 4 is 22.0 Å². The maximum atomic E-state index is 12.0. The third kappa shape index (κ3) is 2.58. The lowest BCUT2D eigenvalue weighted by molar-refractivity contribution is -0.142. The van der Waals surface area contributed by atoms with E-state index >= 15 is 0 Å². The molecular formula is C9H15NO6S. The Bertz CT molecular complexity index is 417. The number of carboxylic acids is 1. The molecule has 7 nitrogen and oxygen atoms in total. The van der Waals surface area contributed by atoms with Crippen LogP contribution in [0, 0.1) is 0 Å². The van der Waals surface area contributed by atoms with Gasteiger partial charge in [0.1, 0.15) is 6.04 Å². The van der Waals surface area contributed by atoms with E-state index in [1.165, 1.54) is 6.92 Å². The van der Waals surface area contributed by atoms with Crippen molar-refractivity contribution in [3.05, 3.63) is 0 Å². The van der Waals surface area contributed by atoms with Crippen molar-refractivity contribution in [3.8, 4) is 0 Å². The van der Waals surface area contributed by atoms with Gasteiger partial charge >= 0.3 is 11.9 Å². The van der Waals surface area contributed by atoms with Crippen LogP contribution in [0.5, 0.6) is 0 Å². The average molecular weight is 265 g/mol. The largest absolute Gasteiger partial charge is 0.480 e. The molecule has 0 spiro atoms. The molecule has 1 N–H and O–H groups in total. The Morgan fingerprint density at radius 2 is 2.06 bits per heavy atom. The van der Waals surface area contributed by atoms with Crippen LogP contribution in [0.15, 0.2) is 0 Å². The third-order valence-electron chi connectivity index (χ3n) is 2.80. The second-order valence-electron chi connectivity index (χ2n) is 3.82. The molecule has 1 unspecified atom stereocenters. The highest BCUT2D eigenvalue weighted by Gasteiger charge is 2.43. The first kappa shape index (κ1) is 13.9. The summed E-state index contributed by atoms with van der Waals surface area (Å²) in [6, 6.07) is -1.08. The molecule has 1 aliphatic rings. The molecule has 0 aliphatic carbocycles. The predicted molar refractivity (Wildman–Crippen MR) is 57.8 cm³/mol. The molecule has 0 amide bonds. The molecule has 0 saturated carbocycles. The quantitative estimate of drug-likeness (QED) is 0.683. The summed E-state index contributed by atoms with van der Waals surface area (Å²) in [5.74, 6) is -2.08. The van der Waals surface area contributed by atoms with Gasteiger partial charge in [-0.05, 0) is 19.8 Å². The van der Waals surface area contributed by atoms with Gasteiger partial charge in [0.25, 0.3) is 0 Å². The Kier molecular flexibility index (Phi) is 4.10. The number of rotatable bonds is 4. The van der Waals surface area contributed by atoms with Crippen molar-refractivity contribution in [3.63, 3.8) is 0 Å². The first-order valence-electron chi connectivity index (χ1n) is 5.13. The van der Waals surface area contributed by atoms with E-state index in [0.717, 1.165) is 11.4 Å². The Morgan fingerprint density at radius 3 is 2.53 bits per heavy atom. The Hall–Kier alpha value is -1.15. The topological polar surface area (TPSA) is 101 Å². The lowest BCUT2D eigenvalue weighted by Gasteiger charge is -2.23. The highest BCUT2D eigenvalue weighted by molar-refractivity contribution is 7.90. The van der Waals surface area contributed by atoms with Crippen LogP contribution in [-0.2, 0) is 24.3 Å². The van der Waals surface area contributed by atoms with Crippen molar-refractivity contribution in [2.75, 3.05) is 13.7 Å². The molecule has 8 heteroatoms. The maximum absolute atomic E-state index is 12.0. The second kappa shape index (κ2) is 5.01. The summed E-state index contributed by atoms with van der Waals surface area (Å²) in [5, 5.41) is 7.52. The summed E-state index contributed by atoms with van der Waals surface area (Å²) in [7, 11) is -2.88. The standard InChI is InChI=1S/C9H15NO6S/c1-6(9(13)16-2)17(14,15)10-5-3-4-7(10)8(11)12/h6-7H,3-5H2,1-2H3,(H,11,12)/t6?,7-/m1/s1. The minimum atomic E-state index is -3.97. The number of aliphatic carboxylic acids is 1. The fourth-order valence-electron chi connectivity index (χ4n) is 1.78. The van der Waals surface area contributed by atoms with Crippen LogP contribution in [0.4, 0.5) is 0 Å². The number of esters is 1. The summed E-state index contributed by atoms with van der Waals surface area (Å²) in [6.45, 7) is 1.32. The molecule has 0 radical (unpaired) electrons. The summed E-state index contributed by atoms with van der Waals surface area (Å²) >= 11 is 0. The fourth-order valence-corrected chi connectivity index (χ4v) is 3.46. The number of hydrogen-bond donors (Lipinski definition) is 1. The van der Waals surface area contributed by atoms with Crippen molar-refractivity contribution in [2.45, 2.75) is 31.1 Å². The maximum Gasteiger partial charge on any atom is 0.325 e. The number of carbonyl (C=O) groups excluding carboxylic acids is 1. The first-order valence-corrected chi connectivity index (χ1v) is 6.64. The number of sulfonamides is 1. The minimum Gasteiger partial charge on any atom is -0.480 e. The zero-order chi connectivity index (χ0) is 13.2. The molecule has 2 atom stereocenters. The van der Waals surface area contributed by atoms with E-state index in [1.807, 2.05) is 0 Å². The van der Waals surface area contributed by atoms with Gasteiger partial charge in [0.15, 0.2) is 5.25 Å². The van der Waals surface area contributed by atoms with Crippen LogP contribution in [0.3, 0.4) is 0 Å². The molecule has 0 aromatic heterocycles. The predicted octanol–water partition coefficient (Wildman–Crippen LogP) is -0.573. The summed E-state index contributed by atoms with van der Waals surface area (Å²) in [4.78, 5) is 22.1. The highest BCUT2D eigenvalue weighted by Crippen LogP contribution is 2.24. The van der Waals surface area contributed by atoms with Gasteiger partial charge in [-0.2, -0.15) is 4.31 Å². The molecular weight excluding hydrogens is 250 g/mol. The monoisotopic (exact) mass is 265 g/mol. The van der Waals surface area contributed by atoms with E-state index in [9.17, 15) is 18.0 Å². The van der Waals surface area contributed by atoms with Crippen molar-refractivity contribution in [1.29, 1.82) is 0 Å². The summed E-state index contributed by atoms with van der Waals surface area (Å²) in [5.41, 5.74) is 0. The Balaban J connectivity index is 2.98. The second-order valence-corrected chi connectivity index (χ2v) is 6.02. The highest BCUT2D eigenvalue weighted by atomic mass is 32.2. The molecule has 1 heterocycles. The minimum absolute atomic E-state index is 0.126. The smallest absolute Gasteiger partial charge is 0.325 e. The van der Waals surface area contributed by atoms with Gasteiger partial charge < -0.3 is 9.84 Å². The van der Waals surface area contributed by atoms with E-state index < -0.39 is 33.3 Å². The van der Waals surface area contributed by atoms with Crippen LogP contribution in [-0.4, -0.2) is 54.7 Å². The number of carbonyl (C=O) groups is 2. The molecule has 1 saturated heterocycles. The molecule has 1 rings (SSSR count). The van der Waals surface area contributed by atoms with E-state index in [0.29, 0.717) is 6.42 Å². The van der Waals surface area contributed by atoms with E-state index in [4.69, 9.17) is 5.11 Å². The summed E-state index contributed by atoms with van der Waals surface area (Å²) in [6.07, 6.45) is 0.743. The molecule has 1 aliphatic heterocycles. The number of hydrogen-bond acceptors (Lipinski definition) is 5. The van der Waals surface area contributed by atoms with Gasteiger partial charge in [-0.15, -0.1) is 0 Å². The van der Waals surface area contributed by atoms with Gasteiger partial charge in [0.2, 0.25) is 10.0 Å². The van der Waals surface area contributed by atoms with Gasteiger partial charge in [-0.25, -0.2) is 8.42 Å². The van der Waals surface area contributed by atoms with E-state index in [-0.39, 0.29) is 13.0 Å². The van der Waals surface area contributed by atoms with Crippen molar-refractivity contribution in [1.82, 2.24) is 4.31 Å². The number of carboxylic acid groups (broad SMARTS) is 1. The third-order valence-corrected chi connectivity index (χ3v) is 4.97. The Morgan fingerprint density at radius 1 is 1.47 bits per heavy atom. The molecule has 1 fully saturated rings. The van der Waals surface area contributed by atoms with E-state index in [1.54, 1.807) is 0 Å². The van der Waals surface area contributed by atoms with Crippen molar-refractivity contribution in [2.24, 2.45) is 0 Å². The number of nitrogens with zero attached hydrogens (tertiary/aromatic N) is 1. The normalized spacial score (nSPS) is 23.3. The summed E-state index contributed by atoms with van der Waals surface area (Å²) < 4.78 is 29.3. The zero-order valence-electron chi connectivity index (χ0n) is 9.62. The Labute approximate surface area is 99.4 Å². The van der Waals surface area contributed by atoms with Gasteiger partial charge in [-0.3, -0.25) is 9.59 Å². The first-order chi connectivity index (χ1) is 7.82. The molecule has 0 aromatic carbocycles. The van der Waals surface area contributed by atoms with Crippen LogP contribution in [0.2, 0.25) is 0 Å². The van der Waals surface area contributed by atoms with Crippen LogP contribution >= 0.6 is 0 Å². The molecule has 17 heavy (non-hydrogen) atoms. The molecule has 0 bridgehead atoms. The number of methoxy groups -OCH3 is 1. The SMILES string of the molecule is COC(=O)C(C)S(=O)(=O)N1CCC[C@@H]1C(=O)O. The zero-order valence-corrected chi connectivity index (χ0v) is 10.4. The van der Waals surface area contributed by atoms with Gasteiger partial charge in [0, 0.05) is 6.54 Å². The average Bonchev–Trinajstić information content (AvgIpc) is 2.76. The van der Waals surface area contributed by atoms with Crippen LogP contribution < -0.4 is 0 Å². The number of ether oxygens (including phenoxy) is 1. The van der Waals surface area contributed by atoms with Crippen LogP contribution in [0.1, 0.15) is 19.8 Å². The lowest BCUT2D eigenvalue weighted by atomic mass is 10.2. The van der Waals surface area contributed by atoms with E-state index in [2.05, 4.69) is 4.74 Å².